The molecule has 0 bridgehead atoms. The van der Waals surface area contributed by atoms with E-state index >= 15 is 0 Å². The molecule has 0 amide bonds. The van der Waals surface area contributed by atoms with Gasteiger partial charge in [-0.1, -0.05) is 41.6 Å². The molecule has 2 aliphatic rings. The molecule has 1 aliphatic carbocycles. The van der Waals surface area contributed by atoms with E-state index in [4.69, 9.17) is 9.83 Å². The molecule has 5 nitrogen and oxygen atoms in total. The minimum atomic E-state index is -0.0135. The topological polar surface area (TPSA) is 70.0 Å². The highest BCUT2D eigenvalue weighted by molar-refractivity contribution is 9.10. The Morgan fingerprint density at radius 2 is 2.13 bits per heavy atom. The van der Waals surface area contributed by atoms with Crippen molar-refractivity contribution < 1.29 is 9.94 Å². The zero-order chi connectivity index (χ0) is 16.0. The summed E-state index contributed by atoms with van der Waals surface area (Å²) in [6.45, 7) is 0. The molecule has 2 aromatic rings. The predicted octanol–water partition coefficient (Wildman–Crippen LogP) is 3.55. The Bertz CT molecular complexity index is 908. The first-order valence-electron chi connectivity index (χ1n) is 7.24. The summed E-state index contributed by atoms with van der Waals surface area (Å²) in [5, 5.41) is 15.5. The number of para-hydroxylation sites is 1. The van der Waals surface area contributed by atoms with Gasteiger partial charge in [0.25, 0.3) is 0 Å². The highest BCUT2D eigenvalue weighted by atomic mass is 79.9. The number of oxime groups is 1. The van der Waals surface area contributed by atoms with Gasteiger partial charge in [0.05, 0.1) is 28.8 Å². The standard InChI is InChI=1S/C17H14BrN3O2/c1-23-21-15-9-5-2-3-8-12(9)19-16(15)13-10-6-4-7-11(18)14(10)20-17(13)22/h2-9,12,20,22H,1H3. The first kappa shape index (κ1) is 14.3. The van der Waals surface area contributed by atoms with Crippen LogP contribution in [-0.4, -0.2) is 34.7 Å². The van der Waals surface area contributed by atoms with E-state index in [1.54, 1.807) is 0 Å². The van der Waals surface area contributed by atoms with E-state index in [0.717, 1.165) is 21.1 Å². The minimum Gasteiger partial charge on any atom is -0.494 e. The van der Waals surface area contributed by atoms with Crippen molar-refractivity contribution in [2.75, 3.05) is 7.11 Å². The second-order valence-corrected chi connectivity index (χ2v) is 6.29. The lowest BCUT2D eigenvalue weighted by Gasteiger charge is -2.13. The number of allylic oxidation sites excluding steroid dienone is 2. The fourth-order valence-corrected chi connectivity index (χ4v) is 3.61. The van der Waals surface area contributed by atoms with Gasteiger partial charge in [-0.3, -0.25) is 4.99 Å². The summed E-state index contributed by atoms with van der Waals surface area (Å²) < 4.78 is 0.887. The van der Waals surface area contributed by atoms with Gasteiger partial charge in [-0.2, -0.15) is 0 Å². The molecular formula is C17H14BrN3O2. The molecular weight excluding hydrogens is 358 g/mol. The van der Waals surface area contributed by atoms with Crippen LogP contribution in [0.15, 0.2) is 57.1 Å². The molecule has 4 rings (SSSR count). The monoisotopic (exact) mass is 371 g/mol. The van der Waals surface area contributed by atoms with Crippen LogP contribution in [0.1, 0.15) is 5.56 Å². The molecule has 116 valence electrons. The Morgan fingerprint density at radius 3 is 2.96 bits per heavy atom. The van der Waals surface area contributed by atoms with Crippen LogP contribution in [0.4, 0.5) is 0 Å². The molecule has 1 aromatic heterocycles. The van der Waals surface area contributed by atoms with Crippen LogP contribution in [0.25, 0.3) is 10.9 Å². The summed E-state index contributed by atoms with van der Waals surface area (Å²) in [6.07, 6.45) is 8.05. The first-order valence-corrected chi connectivity index (χ1v) is 8.03. The van der Waals surface area contributed by atoms with E-state index in [1.165, 1.54) is 7.11 Å². The number of aliphatic imine (C=N–C) groups is 1. The molecule has 23 heavy (non-hydrogen) atoms. The number of aromatic nitrogens is 1. The number of H-pyrrole nitrogens is 1. The lowest BCUT2D eigenvalue weighted by atomic mass is 9.91. The fraction of sp³-hybridized carbons (Fsp3) is 0.176. The number of benzene rings is 1. The Morgan fingerprint density at radius 1 is 1.30 bits per heavy atom. The number of hydrogen-bond donors (Lipinski definition) is 2. The number of hydrogen-bond acceptors (Lipinski definition) is 4. The van der Waals surface area contributed by atoms with Crippen molar-refractivity contribution >= 4 is 38.3 Å². The third-order valence-corrected chi connectivity index (χ3v) is 4.79. The SMILES string of the molecule is CON=C1C(c2c(O)[nH]c3c(Br)cccc23)=NC2C=CC=CC12. The van der Waals surface area contributed by atoms with E-state index in [9.17, 15) is 5.11 Å². The highest BCUT2D eigenvalue weighted by Gasteiger charge is 2.37. The van der Waals surface area contributed by atoms with Crippen LogP contribution in [0.3, 0.4) is 0 Å². The largest absolute Gasteiger partial charge is 0.494 e. The average Bonchev–Trinajstić information content (AvgIpc) is 3.06. The van der Waals surface area contributed by atoms with Crippen LogP contribution in [-0.2, 0) is 4.84 Å². The second kappa shape index (κ2) is 5.38. The highest BCUT2D eigenvalue weighted by Crippen LogP contribution is 2.36. The normalized spacial score (nSPS) is 24.3. The zero-order valence-corrected chi connectivity index (χ0v) is 13.9. The summed E-state index contributed by atoms with van der Waals surface area (Å²) >= 11 is 3.50. The second-order valence-electron chi connectivity index (χ2n) is 5.43. The number of rotatable bonds is 2. The molecule has 2 heterocycles. The molecule has 2 N–H and O–H groups in total. The zero-order valence-electron chi connectivity index (χ0n) is 12.3. The molecule has 0 fully saturated rings. The van der Waals surface area contributed by atoms with Gasteiger partial charge in [-0.25, -0.2) is 0 Å². The van der Waals surface area contributed by atoms with Gasteiger partial charge < -0.3 is 14.9 Å². The Kier molecular flexibility index (Phi) is 3.34. The Hall–Kier alpha value is -2.34. The van der Waals surface area contributed by atoms with Gasteiger partial charge in [0, 0.05) is 9.86 Å². The fourth-order valence-electron chi connectivity index (χ4n) is 3.15. The van der Waals surface area contributed by atoms with E-state index in [2.05, 4.69) is 32.1 Å². The lowest BCUT2D eigenvalue weighted by Crippen LogP contribution is -2.23. The van der Waals surface area contributed by atoms with Gasteiger partial charge in [-0.05, 0) is 22.0 Å². The Balaban J connectivity index is 1.95. The summed E-state index contributed by atoms with van der Waals surface area (Å²) in [5.74, 6) is 0.118. The maximum Gasteiger partial charge on any atom is 0.199 e. The molecule has 0 radical (unpaired) electrons. The van der Waals surface area contributed by atoms with Crippen molar-refractivity contribution in [2.24, 2.45) is 16.1 Å². The summed E-state index contributed by atoms with van der Waals surface area (Å²) in [6, 6.07) is 5.79. The molecule has 1 aromatic carbocycles. The number of aromatic hydroxyl groups is 1. The maximum absolute atomic E-state index is 10.4. The average molecular weight is 372 g/mol. The van der Waals surface area contributed by atoms with Gasteiger partial charge in [0.2, 0.25) is 0 Å². The van der Waals surface area contributed by atoms with Crippen molar-refractivity contribution in [2.45, 2.75) is 6.04 Å². The number of fused-ring (bicyclic) bond motifs is 2. The molecule has 0 spiro atoms. The van der Waals surface area contributed by atoms with Crippen LogP contribution < -0.4 is 0 Å². The maximum atomic E-state index is 10.4. The van der Waals surface area contributed by atoms with Crippen molar-refractivity contribution in [3.8, 4) is 5.88 Å². The van der Waals surface area contributed by atoms with Crippen LogP contribution >= 0.6 is 15.9 Å². The summed E-state index contributed by atoms with van der Waals surface area (Å²) in [5.41, 5.74) is 2.89. The predicted molar refractivity (Wildman–Crippen MR) is 94.2 cm³/mol. The van der Waals surface area contributed by atoms with E-state index < -0.39 is 0 Å². The summed E-state index contributed by atoms with van der Waals surface area (Å²) in [7, 11) is 1.52. The van der Waals surface area contributed by atoms with Gasteiger partial charge in [0.15, 0.2) is 5.88 Å². The third kappa shape index (κ3) is 2.13. The van der Waals surface area contributed by atoms with Crippen molar-refractivity contribution in [3.63, 3.8) is 0 Å². The lowest BCUT2D eigenvalue weighted by molar-refractivity contribution is 0.212. The first-order chi connectivity index (χ1) is 11.2. The number of nitrogens with one attached hydrogen (secondary N) is 1. The summed E-state index contributed by atoms with van der Waals surface area (Å²) in [4.78, 5) is 12.8. The van der Waals surface area contributed by atoms with Crippen LogP contribution in [0.2, 0.25) is 0 Å². The quantitative estimate of drug-likeness (QED) is 0.792. The van der Waals surface area contributed by atoms with E-state index in [0.29, 0.717) is 11.3 Å². The number of halogens is 1. The number of aromatic amines is 1. The van der Waals surface area contributed by atoms with E-state index in [1.807, 2.05) is 36.4 Å². The molecule has 6 heteroatoms. The molecule has 1 aliphatic heterocycles. The van der Waals surface area contributed by atoms with E-state index in [-0.39, 0.29) is 17.8 Å². The number of nitrogens with zero attached hydrogens (tertiary/aromatic N) is 2. The van der Waals surface area contributed by atoms with Gasteiger partial charge in [-0.15, -0.1) is 0 Å². The molecule has 0 saturated carbocycles. The smallest absolute Gasteiger partial charge is 0.199 e. The third-order valence-electron chi connectivity index (χ3n) is 4.13. The van der Waals surface area contributed by atoms with Crippen LogP contribution in [0.5, 0.6) is 5.88 Å². The van der Waals surface area contributed by atoms with Crippen molar-refractivity contribution in [1.82, 2.24) is 4.98 Å². The molecule has 0 saturated heterocycles. The van der Waals surface area contributed by atoms with Gasteiger partial charge in [0.1, 0.15) is 12.8 Å². The minimum absolute atomic E-state index is 0.0135. The molecule has 2 unspecified atom stereocenters. The van der Waals surface area contributed by atoms with Crippen molar-refractivity contribution in [1.29, 1.82) is 0 Å². The molecule has 2 atom stereocenters. The Labute approximate surface area is 141 Å². The van der Waals surface area contributed by atoms with Crippen LogP contribution in [0, 0.1) is 5.92 Å². The van der Waals surface area contributed by atoms with Gasteiger partial charge >= 0.3 is 0 Å². The van der Waals surface area contributed by atoms with Crippen molar-refractivity contribution in [3.05, 3.63) is 52.5 Å².